The van der Waals surface area contributed by atoms with E-state index in [1.165, 1.54) is 5.19 Å². The third-order valence-electron chi connectivity index (χ3n) is 3.03. The van der Waals surface area contributed by atoms with Gasteiger partial charge in [0.05, 0.1) is 0 Å². The van der Waals surface area contributed by atoms with E-state index in [1.807, 2.05) is 6.07 Å². The second kappa shape index (κ2) is 6.55. The molecule has 0 unspecified atom stereocenters. The van der Waals surface area contributed by atoms with Gasteiger partial charge in [-0.2, -0.15) is 0 Å². The number of carbonyl (C=O) groups excluding carboxylic acids is 1. The van der Waals surface area contributed by atoms with Crippen LogP contribution in [0.25, 0.3) is 0 Å². The molecule has 1 nitrogen and oxygen atoms in total. The van der Waals surface area contributed by atoms with Gasteiger partial charge in [0.15, 0.2) is 0 Å². The number of unbranched alkanes of at least 4 members (excludes halogenated alkanes) is 1. The molecule has 0 saturated heterocycles. The van der Waals surface area contributed by atoms with Gasteiger partial charge in [0.1, 0.15) is 14.4 Å². The first-order chi connectivity index (χ1) is 8.10. The van der Waals surface area contributed by atoms with Gasteiger partial charge in [0, 0.05) is 0 Å². The Morgan fingerprint density at radius 2 is 1.88 bits per heavy atom. The zero-order valence-electron chi connectivity index (χ0n) is 11.1. The number of hydrogen-bond donors (Lipinski definition) is 0. The molecule has 2 heteroatoms. The number of aldehydes is 1. The molecule has 92 valence electrons. The minimum Gasteiger partial charge on any atom is -0.298 e. The molecule has 0 atom stereocenters. The molecule has 0 aliphatic heterocycles. The van der Waals surface area contributed by atoms with Gasteiger partial charge in [0.25, 0.3) is 0 Å². The van der Waals surface area contributed by atoms with E-state index in [9.17, 15) is 4.79 Å². The Morgan fingerprint density at radius 1 is 1.24 bits per heavy atom. The number of rotatable bonds is 6. The van der Waals surface area contributed by atoms with Gasteiger partial charge in [0.2, 0.25) is 0 Å². The highest BCUT2D eigenvalue weighted by Gasteiger charge is 2.20. The Balaban J connectivity index is 2.89. The van der Waals surface area contributed by atoms with Crippen LogP contribution in [0.3, 0.4) is 0 Å². The molecule has 0 aliphatic carbocycles. The largest absolute Gasteiger partial charge is 0.298 e. The van der Waals surface area contributed by atoms with Crippen molar-refractivity contribution in [1.29, 1.82) is 0 Å². The number of allylic oxidation sites excluding steroid dienone is 1. The lowest BCUT2D eigenvalue weighted by atomic mass is 10.1. The van der Waals surface area contributed by atoms with Crippen molar-refractivity contribution >= 4 is 19.5 Å². The summed E-state index contributed by atoms with van der Waals surface area (Å²) in [6.07, 6.45) is 4.19. The molecule has 0 fully saturated rings. The van der Waals surface area contributed by atoms with E-state index < -0.39 is 8.07 Å². The lowest BCUT2D eigenvalue weighted by Crippen LogP contribution is -2.39. The quantitative estimate of drug-likeness (QED) is 0.427. The molecule has 0 heterocycles. The highest BCUT2D eigenvalue weighted by molar-refractivity contribution is 6.94. The predicted molar refractivity (Wildman–Crippen MR) is 77.2 cm³/mol. The Bertz CT molecular complexity index is 379. The van der Waals surface area contributed by atoms with E-state index in [0.717, 1.165) is 31.1 Å². The molecule has 1 aromatic rings. The Hall–Kier alpha value is -1.15. The predicted octanol–water partition coefficient (Wildman–Crippen LogP) is 3.46. The Labute approximate surface area is 106 Å². The lowest BCUT2D eigenvalue weighted by Gasteiger charge is -2.19. The number of carbonyl (C=O) groups is 1. The molecule has 0 aliphatic rings. The molecular weight excluding hydrogens is 224 g/mol. The summed E-state index contributed by atoms with van der Waals surface area (Å²) in [4.78, 5) is 11.1. The number of hydrogen-bond acceptors (Lipinski definition) is 1. The SMILES string of the molecule is CCCC/C(C=O)=C\[Si](C)(C)c1ccccc1. The van der Waals surface area contributed by atoms with Gasteiger partial charge < -0.3 is 0 Å². The highest BCUT2D eigenvalue weighted by Crippen LogP contribution is 2.12. The summed E-state index contributed by atoms with van der Waals surface area (Å²) in [6.45, 7) is 6.73. The van der Waals surface area contributed by atoms with Crippen LogP contribution in [0.4, 0.5) is 0 Å². The van der Waals surface area contributed by atoms with Gasteiger partial charge in [-0.05, 0) is 18.4 Å². The second-order valence-electron chi connectivity index (χ2n) is 5.03. The van der Waals surface area contributed by atoms with Crippen molar-refractivity contribution in [2.24, 2.45) is 0 Å². The summed E-state index contributed by atoms with van der Waals surface area (Å²) in [6, 6.07) is 10.5. The van der Waals surface area contributed by atoms with Crippen LogP contribution >= 0.6 is 0 Å². The molecule has 17 heavy (non-hydrogen) atoms. The standard InChI is InChI=1S/C15H22OSi/c1-4-5-9-14(12-16)13-17(2,3)15-10-7-6-8-11-15/h6-8,10-13H,4-5,9H2,1-3H3/b14-13+. The second-order valence-corrected chi connectivity index (χ2v) is 9.34. The zero-order valence-corrected chi connectivity index (χ0v) is 12.1. The van der Waals surface area contributed by atoms with Crippen LogP contribution < -0.4 is 5.19 Å². The lowest BCUT2D eigenvalue weighted by molar-refractivity contribution is -0.105. The molecule has 1 rings (SSSR count). The topological polar surface area (TPSA) is 17.1 Å². The van der Waals surface area contributed by atoms with Gasteiger partial charge in [-0.15, -0.1) is 0 Å². The maximum Gasteiger partial charge on any atom is 0.145 e. The first kappa shape index (κ1) is 13.9. The van der Waals surface area contributed by atoms with E-state index in [2.05, 4.69) is 50.0 Å². The molecule has 1 aromatic carbocycles. The molecule has 0 N–H and O–H groups in total. The van der Waals surface area contributed by atoms with Crippen LogP contribution in [0.1, 0.15) is 26.2 Å². The molecule has 0 saturated carbocycles. The van der Waals surface area contributed by atoms with Crippen molar-refractivity contribution in [2.45, 2.75) is 39.3 Å². The summed E-state index contributed by atoms with van der Waals surface area (Å²) in [5.74, 6) is 0. The summed E-state index contributed by atoms with van der Waals surface area (Å²) in [5.41, 5.74) is 3.22. The fourth-order valence-electron chi connectivity index (χ4n) is 1.96. The normalized spacial score (nSPS) is 12.5. The van der Waals surface area contributed by atoms with Crippen LogP contribution in [0.2, 0.25) is 13.1 Å². The van der Waals surface area contributed by atoms with Crippen LogP contribution in [-0.2, 0) is 4.79 Å². The van der Waals surface area contributed by atoms with Crippen molar-refractivity contribution in [1.82, 2.24) is 0 Å². The van der Waals surface area contributed by atoms with Crippen LogP contribution in [0.5, 0.6) is 0 Å². The zero-order chi connectivity index (χ0) is 12.7. The van der Waals surface area contributed by atoms with Gasteiger partial charge >= 0.3 is 0 Å². The fraction of sp³-hybridized carbons (Fsp3) is 0.400. The average Bonchev–Trinajstić information content (AvgIpc) is 2.35. The number of benzene rings is 1. The van der Waals surface area contributed by atoms with Crippen LogP contribution in [0, 0.1) is 0 Å². The third-order valence-corrected chi connectivity index (χ3v) is 5.95. The minimum absolute atomic E-state index is 0.920. The van der Waals surface area contributed by atoms with E-state index in [4.69, 9.17) is 0 Å². The Kier molecular flexibility index (Phi) is 5.36. The maximum absolute atomic E-state index is 11.1. The fourth-order valence-corrected chi connectivity index (χ4v) is 4.32. The summed E-state index contributed by atoms with van der Waals surface area (Å²) in [7, 11) is -1.61. The minimum atomic E-state index is -1.61. The monoisotopic (exact) mass is 246 g/mol. The maximum atomic E-state index is 11.1. The Morgan fingerprint density at radius 3 is 2.41 bits per heavy atom. The van der Waals surface area contributed by atoms with Crippen molar-refractivity contribution in [3.63, 3.8) is 0 Å². The van der Waals surface area contributed by atoms with E-state index >= 15 is 0 Å². The van der Waals surface area contributed by atoms with Crippen molar-refractivity contribution in [3.8, 4) is 0 Å². The molecule has 0 spiro atoms. The molecular formula is C15H22OSi. The first-order valence-electron chi connectivity index (χ1n) is 6.32. The summed E-state index contributed by atoms with van der Waals surface area (Å²) in [5, 5.41) is 1.39. The first-order valence-corrected chi connectivity index (χ1v) is 9.40. The molecule has 0 aromatic heterocycles. The highest BCUT2D eigenvalue weighted by atomic mass is 28.3. The van der Waals surface area contributed by atoms with E-state index in [1.54, 1.807) is 0 Å². The smallest absolute Gasteiger partial charge is 0.145 e. The average molecular weight is 246 g/mol. The third kappa shape index (κ3) is 4.31. The summed E-state index contributed by atoms with van der Waals surface area (Å²) >= 11 is 0. The van der Waals surface area contributed by atoms with Crippen molar-refractivity contribution < 1.29 is 4.79 Å². The van der Waals surface area contributed by atoms with Crippen LogP contribution in [-0.4, -0.2) is 14.4 Å². The van der Waals surface area contributed by atoms with Crippen LogP contribution in [0.15, 0.2) is 41.6 Å². The molecule has 0 amide bonds. The van der Waals surface area contributed by atoms with E-state index in [0.29, 0.717) is 0 Å². The van der Waals surface area contributed by atoms with Gasteiger partial charge in [-0.1, -0.05) is 67.7 Å². The van der Waals surface area contributed by atoms with E-state index in [-0.39, 0.29) is 0 Å². The summed E-state index contributed by atoms with van der Waals surface area (Å²) < 4.78 is 0. The van der Waals surface area contributed by atoms with Crippen molar-refractivity contribution in [3.05, 3.63) is 41.6 Å². The van der Waals surface area contributed by atoms with Gasteiger partial charge in [-0.25, -0.2) is 0 Å². The molecule has 0 radical (unpaired) electrons. The van der Waals surface area contributed by atoms with Crippen molar-refractivity contribution in [2.75, 3.05) is 0 Å². The molecule has 0 bridgehead atoms. The van der Waals surface area contributed by atoms with Gasteiger partial charge in [-0.3, -0.25) is 4.79 Å².